The van der Waals surface area contributed by atoms with E-state index in [0.29, 0.717) is 0 Å². The van der Waals surface area contributed by atoms with E-state index in [-0.39, 0.29) is 0 Å². The molecule has 0 saturated carbocycles. The van der Waals surface area contributed by atoms with Crippen molar-refractivity contribution < 1.29 is 0 Å². The minimum absolute atomic E-state index is 0.766. The van der Waals surface area contributed by atoms with Gasteiger partial charge in [0.1, 0.15) is 0 Å². The van der Waals surface area contributed by atoms with E-state index in [0.717, 1.165) is 12.0 Å². The van der Waals surface area contributed by atoms with Crippen LogP contribution in [0.4, 0.5) is 0 Å². The van der Waals surface area contributed by atoms with E-state index in [1.807, 2.05) is 7.05 Å². The van der Waals surface area contributed by atoms with Crippen LogP contribution in [0.1, 0.15) is 20.3 Å². The lowest BCUT2D eigenvalue weighted by Gasteiger charge is -2.39. The van der Waals surface area contributed by atoms with Crippen molar-refractivity contribution in [3.63, 3.8) is 0 Å². The number of rotatable bonds is 4. The number of likely N-dealkylation sites (N-methyl/N-ethyl adjacent to an activating group) is 1. The molecule has 0 bridgehead atoms. The van der Waals surface area contributed by atoms with Crippen molar-refractivity contribution in [2.75, 3.05) is 26.7 Å². The van der Waals surface area contributed by atoms with Crippen LogP contribution in [0, 0.1) is 5.92 Å². The van der Waals surface area contributed by atoms with Gasteiger partial charge in [-0.25, -0.2) is 0 Å². The smallest absolute Gasteiger partial charge is 0.0320 e. The van der Waals surface area contributed by atoms with Crippen LogP contribution in [0.5, 0.6) is 0 Å². The van der Waals surface area contributed by atoms with Crippen molar-refractivity contribution in [3.05, 3.63) is 0 Å². The first-order chi connectivity index (χ1) is 5.22. The Hall–Kier alpha value is -0.0800. The Morgan fingerprint density at radius 2 is 2.09 bits per heavy atom. The van der Waals surface area contributed by atoms with E-state index >= 15 is 0 Å². The second-order valence-electron chi connectivity index (χ2n) is 3.93. The fraction of sp³-hybridized carbons (Fsp3) is 1.00. The Kier molecular flexibility index (Phi) is 3.34. The van der Waals surface area contributed by atoms with Gasteiger partial charge < -0.3 is 10.2 Å². The third-order valence-electron chi connectivity index (χ3n) is 2.39. The van der Waals surface area contributed by atoms with E-state index in [1.165, 1.54) is 26.1 Å². The highest BCUT2D eigenvalue weighted by Gasteiger charge is 2.23. The van der Waals surface area contributed by atoms with Crippen LogP contribution in [-0.4, -0.2) is 37.6 Å². The zero-order valence-electron chi connectivity index (χ0n) is 7.93. The molecule has 0 radical (unpaired) electrons. The molecule has 0 aliphatic carbocycles. The van der Waals surface area contributed by atoms with E-state index in [2.05, 4.69) is 24.1 Å². The van der Waals surface area contributed by atoms with E-state index < -0.39 is 0 Å². The Balaban J connectivity index is 1.96. The Labute approximate surface area is 70.0 Å². The number of nitrogens with zero attached hydrogens (tertiary/aromatic N) is 1. The van der Waals surface area contributed by atoms with Crippen molar-refractivity contribution in [3.8, 4) is 0 Å². The van der Waals surface area contributed by atoms with Gasteiger partial charge in [0.25, 0.3) is 0 Å². The van der Waals surface area contributed by atoms with Gasteiger partial charge in [-0.2, -0.15) is 0 Å². The molecule has 0 spiro atoms. The molecule has 0 atom stereocenters. The number of hydrogen-bond donors (Lipinski definition) is 1. The van der Waals surface area contributed by atoms with Gasteiger partial charge in [-0.05, 0) is 25.9 Å². The molecule has 1 aliphatic heterocycles. The van der Waals surface area contributed by atoms with Gasteiger partial charge in [0, 0.05) is 19.1 Å². The standard InChI is InChI=1S/C9H20N2/c1-8(2)4-5-11-6-9(7-11)10-3/h8-10H,4-7H2,1-3H3. The normalized spacial score (nSPS) is 20.7. The summed E-state index contributed by atoms with van der Waals surface area (Å²) < 4.78 is 0. The lowest BCUT2D eigenvalue weighted by molar-refractivity contribution is 0.125. The summed E-state index contributed by atoms with van der Waals surface area (Å²) in [5.74, 6) is 0.851. The number of likely N-dealkylation sites (tertiary alicyclic amines) is 1. The maximum atomic E-state index is 3.28. The van der Waals surface area contributed by atoms with E-state index in [4.69, 9.17) is 0 Å². The summed E-state index contributed by atoms with van der Waals surface area (Å²) in [6.07, 6.45) is 1.34. The molecule has 1 fully saturated rings. The predicted molar refractivity (Wildman–Crippen MR) is 48.7 cm³/mol. The Morgan fingerprint density at radius 3 is 2.55 bits per heavy atom. The molecule has 11 heavy (non-hydrogen) atoms. The maximum absolute atomic E-state index is 3.28. The third kappa shape index (κ3) is 2.80. The second-order valence-corrected chi connectivity index (χ2v) is 3.93. The topological polar surface area (TPSA) is 15.3 Å². The molecule has 0 unspecified atom stereocenters. The molecule has 66 valence electrons. The fourth-order valence-electron chi connectivity index (χ4n) is 1.38. The molecule has 2 nitrogen and oxygen atoms in total. The van der Waals surface area contributed by atoms with Gasteiger partial charge in [0.2, 0.25) is 0 Å². The lowest BCUT2D eigenvalue weighted by atomic mass is 10.1. The summed E-state index contributed by atoms with van der Waals surface area (Å²) in [4.78, 5) is 2.52. The molecular formula is C9H20N2. The molecule has 2 heteroatoms. The predicted octanol–water partition coefficient (Wildman–Crippen LogP) is 0.936. The first-order valence-corrected chi connectivity index (χ1v) is 4.62. The summed E-state index contributed by atoms with van der Waals surface area (Å²) in [7, 11) is 2.05. The van der Waals surface area contributed by atoms with Crippen LogP contribution < -0.4 is 5.32 Å². The Bertz CT molecular complexity index is 106. The van der Waals surface area contributed by atoms with Gasteiger partial charge >= 0.3 is 0 Å². The van der Waals surface area contributed by atoms with Gasteiger partial charge in [-0.3, -0.25) is 0 Å². The minimum atomic E-state index is 0.766. The van der Waals surface area contributed by atoms with E-state index in [9.17, 15) is 0 Å². The highest BCUT2D eigenvalue weighted by Crippen LogP contribution is 2.10. The molecule has 1 heterocycles. The number of nitrogens with one attached hydrogen (secondary N) is 1. The molecule has 1 saturated heterocycles. The average molecular weight is 156 g/mol. The van der Waals surface area contributed by atoms with Gasteiger partial charge in [0.15, 0.2) is 0 Å². The molecule has 0 aromatic rings. The quantitative estimate of drug-likeness (QED) is 0.651. The SMILES string of the molecule is CNC1CN(CCC(C)C)C1. The molecule has 0 amide bonds. The van der Waals surface area contributed by atoms with Crippen LogP contribution in [0.15, 0.2) is 0 Å². The molecule has 1 aliphatic rings. The first-order valence-electron chi connectivity index (χ1n) is 4.62. The minimum Gasteiger partial charge on any atom is -0.315 e. The summed E-state index contributed by atoms with van der Waals surface area (Å²) in [6.45, 7) is 8.37. The first kappa shape index (κ1) is 9.01. The van der Waals surface area contributed by atoms with E-state index in [1.54, 1.807) is 0 Å². The molecule has 1 rings (SSSR count). The molecule has 1 N–H and O–H groups in total. The molecular weight excluding hydrogens is 136 g/mol. The van der Waals surface area contributed by atoms with Crippen LogP contribution in [-0.2, 0) is 0 Å². The monoisotopic (exact) mass is 156 g/mol. The van der Waals surface area contributed by atoms with Gasteiger partial charge in [-0.15, -0.1) is 0 Å². The van der Waals surface area contributed by atoms with Crippen LogP contribution in [0.3, 0.4) is 0 Å². The van der Waals surface area contributed by atoms with Crippen molar-refractivity contribution >= 4 is 0 Å². The van der Waals surface area contributed by atoms with Gasteiger partial charge in [-0.1, -0.05) is 13.8 Å². The zero-order valence-corrected chi connectivity index (χ0v) is 7.93. The summed E-state index contributed by atoms with van der Waals surface area (Å²) in [5, 5.41) is 3.28. The largest absolute Gasteiger partial charge is 0.315 e. The summed E-state index contributed by atoms with van der Waals surface area (Å²) in [6, 6.07) is 0.766. The van der Waals surface area contributed by atoms with Crippen LogP contribution >= 0.6 is 0 Å². The number of hydrogen-bond acceptors (Lipinski definition) is 2. The summed E-state index contributed by atoms with van der Waals surface area (Å²) in [5.41, 5.74) is 0. The second kappa shape index (κ2) is 4.07. The molecule has 0 aromatic carbocycles. The highest BCUT2D eigenvalue weighted by molar-refractivity contribution is 4.84. The third-order valence-corrected chi connectivity index (χ3v) is 2.39. The Morgan fingerprint density at radius 1 is 1.45 bits per heavy atom. The average Bonchev–Trinajstić information content (AvgIpc) is 1.84. The van der Waals surface area contributed by atoms with Crippen LogP contribution in [0.2, 0.25) is 0 Å². The van der Waals surface area contributed by atoms with Crippen molar-refractivity contribution in [2.45, 2.75) is 26.3 Å². The maximum Gasteiger partial charge on any atom is 0.0320 e. The van der Waals surface area contributed by atoms with Crippen molar-refractivity contribution in [1.29, 1.82) is 0 Å². The van der Waals surface area contributed by atoms with Crippen molar-refractivity contribution in [2.24, 2.45) is 5.92 Å². The summed E-state index contributed by atoms with van der Waals surface area (Å²) >= 11 is 0. The van der Waals surface area contributed by atoms with Gasteiger partial charge in [0.05, 0.1) is 0 Å². The lowest BCUT2D eigenvalue weighted by Crippen LogP contribution is -2.57. The van der Waals surface area contributed by atoms with Crippen molar-refractivity contribution in [1.82, 2.24) is 10.2 Å². The fourth-order valence-corrected chi connectivity index (χ4v) is 1.38. The molecule has 0 aromatic heterocycles. The highest BCUT2D eigenvalue weighted by atomic mass is 15.2. The zero-order chi connectivity index (χ0) is 8.27. The van der Waals surface area contributed by atoms with Crippen LogP contribution in [0.25, 0.3) is 0 Å².